The van der Waals surface area contributed by atoms with Crippen LogP contribution in [-0.2, 0) is 11.2 Å². The molecule has 1 N–H and O–H groups in total. The number of nitrogens with one attached hydrogen (secondary N) is 1. The monoisotopic (exact) mass is 486 g/mol. The van der Waals surface area contributed by atoms with Gasteiger partial charge in [0.2, 0.25) is 5.91 Å². The summed E-state index contributed by atoms with van der Waals surface area (Å²) in [6.07, 6.45) is 5.85. The van der Waals surface area contributed by atoms with Crippen molar-refractivity contribution in [3.05, 3.63) is 100 Å². The van der Waals surface area contributed by atoms with Crippen molar-refractivity contribution in [2.45, 2.75) is 19.3 Å². The Labute approximate surface area is 209 Å². The fraction of sp³-hybridized carbons (Fsp3) is 0.250. The maximum Gasteiger partial charge on any atom is 0.257 e. The van der Waals surface area contributed by atoms with Crippen LogP contribution in [0.4, 0.5) is 5.69 Å². The normalized spacial score (nSPS) is 14.3. The first-order valence-corrected chi connectivity index (χ1v) is 12.3. The zero-order valence-corrected chi connectivity index (χ0v) is 20.1. The first-order valence-electron chi connectivity index (χ1n) is 11.9. The minimum absolute atomic E-state index is 0.00982. The van der Waals surface area contributed by atoms with E-state index in [0.717, 1.165) is 60.2 Å². The number of rotatable bonds is 6. The van der Waals surface area contributed by atoms with Gasteiger partial charge in [0.25, 0.3) is 5.56 Å². The number of hydrogen-bond donors (Lipinski definition) is 1. The predicted octanol–water partition coefficient (Wildman–Crippen LogP) is 4.61. The zero-order chi connectivity index (χ0) is 24.2. The molecule has 0 spiro atoms. The first kappa shape index (κ1) is 23.1. The Kier molecular flexibility index (Phi) is 6.82. The molecule has 1 aliphatic rings. The highest BCUT2D eigenvalue weighted by Gasteiger charge is 2.26. The number of amides is 1. The summed E-state index contributed by atoms with van der Waals surface area (Å²) in [5.74, 6) is 0.103. The smallest absolute Gasteiger partial charge is 0.257 e. The largest absolute Gasteiger partial charge is 0.371 e. The van der Waals surface area contributed by atoms with Crippen molar-refractivity contribution in [3.8, 4) is 5.69 Å². The Morgan fingerprint density at radius 3 is 2.46 bits per heavy atom. The van der Waals surface area contributed by atoms with Crippen LogP contribution in [0.2, 0.25) is 5.02 Å². The molecule has 4 aromatic rings. The van der Waals surface area contributed by atoms with Crippen molar-refractivity contribution in [3.63, 3.8) is 0 Å². The van der Waals surface area contributed by atoms with Crippen LogP contribution >= 0.6 is 11.6 Å². The summed E-state index contributed by atoms with van der Waals surface area (Å²) in [4.78, 5) is 32.2. The fourth-order valence-electron chi connectivity index (χ4n) is 4.79. The van der Waals surface area contributed by atoms with E-state index >= 15 is 0 Å². The lowest BCUT2D eigenvalue weighted by Crippen LogP contribution is -2.41. The predicted molar refractivity (Wildman–Crippen MR) is 140 cm³/mol. The number of carbonyl (C=O) groups is 1. The number of aromatic nitrogens is 2. The van der Waals surface area contributed by atoms with Gasteiger partial charge >= 0.3 is 0 Å². The summed E-state index contributed by atoms with van der Waals surface area (Å²) < 4.78 is 1.72. The van der Waals surface area contributed by atoms with Crippen molar-refractivity contribution < 1.29 is 4.79 Å². The Bertz CT molecular complexity index is 1380. The van der Waals surface area contributed by atoms with Crippen molar-refractivity contribution in [1.82, 2.24) is 14.9 Å². The van der Waals surface area contributed by atoms with Gasteiger partial charge in [-0.1, -0.05) is 29.8 Å². The van der Waals surface area contributed by atoms with E-state index in [1.807, 2.05) is 42.5 Å². The summed E-state index contributed by atoms with van der Waals surface area (Å²) in [5, 5.41) is 4.73. The third-order valence-electron chi connectivity index (χ3n) is 6.66. The molecule has 1 fully saturated rings. The number of piperidine rings is 1. The highest BCUT2D eigenvalue weighted by atomic mass is 35.5. The van der Waals surface area contributed by atoms with Gasteiger partial charge in [-0.25, -0.2) is 0 Å². The molecule has 0 saturated carbocycles. The minimum atomic E-state index is -0.0861. The third kappa shape index (κ3) is 5.08. The van der Waals surface area contributed by atoms with Gasteiger partial charge in [-0.3, -0.25) is 19.1 Å². The van der Waals surface area contributed by atoms with Crippen molar-refractivity contribution in [2.24, 2.45) is 5.92 Å². The molecular weight excluding hydrogens is 460 g/mol. The van der Waals surface area contributed by atoms with Gasteiger partial charge in [-0.2, -0.15) is 0 Å². The number of nitrogens with zero attached hydrogens (tertiary/aromatic N) is 3. The third-order valence-corrected chi connectivity index (χ3v) is 6.91. The van der Waals surface area contributed by atoms with Gasteiger partial charge in [-0.05, 0) is 67.3 Å². The van der Waals surface area contributed by atoms with E-state index in [4.69, 9.17) is 11.6 Å². The zero-order valence-electron chi connectivity index (χ0n) is 19.4. The average molecular weight is 487 g/mol. The quantitative estimate of drug-likeness (QED) is 0.432. The van der Waals surface area contributed by atoms with E-state index in [-0.39, 0.29) is 17.4 Å². The van der Waals surface area contributed by atoms with Crippen LogP contribution in [0.25, 0.3) is 16.6 Å². The summed E-state index contributed by atoms with van der Waals surface area (Å²) in [5.41, 5.74) is 3.64. The SMILES string of the molecule is O=C(NCCc1ccncc1)C1CCN(c2cc(=O)n(-c3ccc(Cl)cc3)c3ccccc23)CC1. The van der Waals surface area contributed by atoms with Crippen molar-refractivity contribution >= 4 is 34.1 Å². The first-order chi connectivity index (χ1) is 17.1. The second-order valence-electron chi connectivity index (χ2n) is 8.85. The minimum Gasteiger partial charge on any atom is -0.371 e. The molecule has 0 bridgehead atoms. The molecule has 5 rings (SSSR count). The Balaban J connectivity index is 1.29. The van der Waals surface area contributed by atoms with E-state index < -0.39 is 0 Å². The van der Waals surface area contributed by atoms with Crippen LogP contribution in [0.1, 0.15) is 18.4 Å². The molecular formula is C28H27ClN4O2. The fourth-order valence-corrected chi connectivity index (χ4v) is 4.91. The van der Waals surface area contributed by atoms with Gasteiger partial charge in [0.15, 0.2) is 0 Å². The molecule has 2 aromatic heterocycles. The molecule has 0 unspecified atom stereocenters. The van der Waals surface area contributed by atoms with E-state index in [2.05, 4.69) is 21.3 Å². The van der Waals surface area contributed by atoms with Gasteiger partial charge < -0.3 is 10.2 Å². The number of para-hydroxylation sites is 1. The average Bonchev–Trinajstić information content (AvgIpc) is 2.90. The lowest BCUT2D eigenvalue weighted by Gasteiger charge is -2.34. The number of halogens is 1. The molecule has 0 atom stereocenters. The molecule has 0 aliphatic carbocycles. The standard InChI is InChI=1S/C28H27ClN4O2/c29-22-5-7-23(8-6-22)33-25-4-2-1-3-24(25)26(19-27(33)34)32-17-12-21(13-18-32)28(35)31-16-11-20-9-14-30-15-10-20/h1-10,14-15,19,21H,11-13,16-18H2,(H,31,35). The summed E-state index contributed by atoms with van der Waals surface area (Å²) in [7, 11) is 0. The van der Waals surface area contributed by atoms with Crippen LogP contribution < -0.4 is 15.8 Å². The molecule has 7 heteroatoms. The van der Waals surface area contributed by atoms with Gasteiger partial charge in [0.1, 0.15) is 0 Å². The Morgan fingerprint density at radius 2 is 1.71 bits per heavy atom. The Morgan fingerprint density at radius 1 is 1.00 bits per heavy atom. The topological polar surface area (TPSA) is 67.2 Å². The maximum absolute atomic E-state index is 13.2. The van der Waals surface area contributed by atoms with Crippen LogP contribution in [-0.4, -0.2) is 35.1 Å². The highest BCUT2D eigenvalue weighted by Crippen LogP contribution is 2.30. The number of anilines is 1. The molecule has 1 amide bonds. The maximum atomic E-state index is 13.2. The second-order valence-corrected chi connectivity index (χ2v) is 9.29. The van der Waals surface area contributed by atoms with E-state index in [1.165, 1.54) is 0 Å². The second kappa shape index (κ2) is 10.3. The van der Waals surface area contributed by atoms with Gasteiger partial charge in [0.05, 0.1) is 11.2 Å². The number of hydrogen-bond acceptors (Lipinski definition) is 4. The number of carbonyl (C=O) groups excluding carboxylic acids is 1. The molecule has 178 valence electrons. The Hall–Kier alpha value is -3.64. The van der Waals surface area contributed by atoms with E-state index in [1.54, 1.807) is 35.2 Å². The highest BCUT2D eigenvalue weighted by molar-refractivity contribution is 6.30. The van der Waals surface area contributed by atoms with E-state index in [9.17, 15) is 9.59 Å². The molecule has 1 saturated heterocycles. The molecule has 3 heterocycles. The molecule has 6 nitrogen and oxygen atoms in total. The lowest BCUT2D eigenvalue weighted by atomic mass is 9.95. The summed E-state index contributed by atoms with van der Waals surface area (Å²) >= 11 is 6.05. The van der Waals surface area contributed by atoms with Crippen molar-refractivity contribution in [2.75, 3.05) is 24.5 Å². The molecule has 2 aromatic carbocycles. The lowest BCUT2D eigenvalue weighted by molar-refractivity contribution is -0.125. The van der Waals surface area contributed by atoms with Crippen LogP contribution in [0, 0.1) is 5.92 Å². The van der Waals surface area contributed by atoms with Crippen LogP contribution in [0.5, 0.6) is 0 Å². The van der Waals surface area contributed by atoms with Gasteiger partial charge in [-0.15, -0.1) is 0 Å². The number of pyridine rings is 2. The van der Waals surface area contributed by atoms with E-state index in [0.29, 0.717) is 11.6 Å². The van der Waals surface area contributed by atoms with Crippen molar-refractivity contribution in [1.29, 1.82) is 0 Å². The summed E-state index contributed by atoms with van der Waals surface area (Å²) in [6.45, 7) is 2.09. The number of benzene rings is 2. The van der Waals surface area contributed by atoms with Crippen LogP contribution in [0.3, 0.4) is 0 Å². The molecule has 1 aliphatic heterocycles. The molecule has 0 radical (unpaired) electrons. The number of fused-ring (bicyclic) bond motifs is 1. The molecule has 35 heavy (non-hydrogen) atoms. The van der Waals surface area contributed by atoms with Gasteiger partial charge in [0, 0.05) is 60.1 Å². The summed E-state index contributed by atoms with van der Waals surface area (Å²) in [6, 6.07) is 20.9. The van der Waals surface area contributed by atoms with Crippen LogP contribution in [0.15, 0.2) is 83.9 Å².